The number of nitrogens with zero attached hydrogens (tertiary/aromatic N) is 2. The van der Waals surface area contributed by atoms with Crippen LogP contribution in [0, 0.1) is 0 Å². The number of hydrogen-bond donors (Lipinski definition) is 0. The number of likely N-dealkylation sites (tertiary alicyclic amines) is 1. The van der Waals surface area contributed by atoms with Crippen LogP contribution in [0.25, 0.3) is 0 Å². The Hall–Kier alpha value is -1.66. The van der Waals surface area contributed by atoms with Crippen molar-refractivity contribution >= 4 is 5.91 Å². The Labute approximate surface area is 125 Å². The number of carbonyl (C=O) groups is 1. The second-order valence-electron chi connectivity index (χ2n) is 4.93. The highest BCUT2D eigenvalue weighted by Gasteiger charge is 2.35. The van der Waals surface area contributed by atoms with Crippen LogP contribution in [0.3, 0.4) is 0 Å². The van der Waals surface area contributed by atoms with Gasteiger partial charge in [0.15, 0.2) is 0 Å². The molecular weight excluding hydrogens is 272 g/mol. The molecule has 1 aliphatic rings. The topological polar surface area (TPSA) is 60.9 Å². The average molecular weight is 294 g/mol. The van der Waals surface area contributed by atoms with E-state index in [1.807, 2.05) is 19.1 Å². The molecule has 1 aliphatic heterocycles. The Morgan fingerprint density at radius 2 is 2.38 bits per heavy atom. The van der Waals surface area contributed by atoms with Gasteiger partial charge in [0.25, 0.3) is 0 Å². The zero-order valence-corrected chi connectivity index (χ0v) is 12.5. The van der Waals surface area contributed by atoms with Gasteiger partial charge in [-0.1, -0.05) is 0 Å². The Kier molecular flexibility index (Phi) is 5.95. The van der Waals surface area contributed by atoms with Crippen molar-refractivity contribution < 1.29 is 19.0 Å². The van der Waals surface area contributed by atoms with Crippen LogP contribution in [0.15, 0.2) is 24.5 Å². The summed E-state index contributed by atoms with van der Waals surface area (Å²) < 4.78 is 16.3. The molecule has 0 aromatic carbocycles. The molecular formula is C15H22N2O4. The minimum atomic E-state index is -0.0174. The van der Waals surface area contributed by atoms with Crippen LogP contribution < -0.4 is 4.74 Å². The fraction of sp³-hybridized carbons (Fsp3) is 0.600. The lowest BCUT2D eigenvalue weighted by Gasteiger charge is -2.24. The standard InChI is InChI=1S/C15H22N2O4/c1-3-20-11-15(18)17-9-14(19-2)7-12(17)10-21-13-5-4-6-16-8-13/h4-6,8,12,14H,3,7,9-11H2,1-2H3/t12-,14+/m0/s1. The molecule has 1 saturated heterocycles. The summed E-state index contributed by atoms with van der Waals surface area (Å²) in [6, 6.07) is 3.67. The number of pyridine rings is 1. The van der Waals surface area contributed by atoms with Crippen LogP contribution in [0.2, 0.25) is 0 Å². The van der Waals surface area contributed by atoms with E-state index in [0.717, 1.165) is 6.42 Å². The van der Waals surface area contributed by atoms with E-state index in [1.165, 1.54) is 0 Å². The highest BCUT2D eigenvalue weighted by atomic mass is 16.5. The number of hydrogen-bond acceptors (Lipinski definition) is 5. The highest BCUT2D eigenvalue weighted by Crippen LogP contribution is 2.21. The van der Waals surface area contributed by atoms with E-state index in [4.69, 9.17) is 14.2 Å². The summed E-state index contributed by atoms with van der Waals surface area (Å²) in [6.45, 7) is 3.53. The van der Waals surface area contributed by atoms with Crippen molar-refractivity contribution in [3.63, 3.8) is 0 Å². The van der Waals surface area contributed by atoms with Gasteiger partial charge in [-0.25, -0.2) is 0 Å². The summed E-state index contributed by atoms with van der Waals surface area (Å²) in [6.07, 6.45) is 4.18. The molecule has 21 heavy (non-hydrogen) atoms. The van der Waals surface area contributed by atoms with E-state index in [1.54, 1.807) is 24.4 Å². The van der Waals surface area contributed by atoms with Crippen LogP contribution in [0.4, 0.5) is 0 Å². The molecule has 2 rings (SSSR count). The number of rotatable bonds is 7. The van der Waals surface area contributed by atoms with Crippen molar-refractivity contribution in [3.8, 4) is 5.75 Å². The fourth-order valence-electron chi connectivity index (χ4n) is 2.41. The fourth-order valence-corrected chi connectivity index (χ4v) is 2.41. The first-order chi connectivity index (χ1) is 10.2. The zero-order chi connectivity index (χ0) is 15.1. The van der Waals surface area contributed by atoms with E-state index in [9.17, 15) is 4.79 Å². The molecule has 0 unspecified atom stereocenters. The lowest BCUT2D eigenvalue weighted by molar-refractivity contribution is -0.137. The molecule has 6 nitrogen and oxygen atoms in total. The van der Waals surface area contributed by atoms with E-state index in [-0.39, 0.29) is 24.7 Å². The zero-order valence-electron chi connectivity index (χ0n) is 12.5. The van der Waals surface area contributed by atoms with Crippen molar-refractivity contribution in [1.29, 1.82) is 0 Å². The molecule has 0 spiro atoms. The molecule has 2 heterocycles. The van der Waals surface area contributed by atoms with Crippen molar-refractivity contribution in [2.24, 2.45) is 0 Å². The summed E-state index contributed by atoms with van der Waals surface area (Å²) in [5, 5.41) is 0. The number of amides is 1. The maximum Gasteiger partial charge on any atom is 0.249 e. The molecule has 0 aliphatic carbocycles. The van der Waals surface area contributed by atoms with Gasteiger partial charge in [0, 0.05) is 26.5 Å². The van der Waals surface area contributed by atoms with Crippen LogP contribution >= 0.6 is 0 Å². The molecule has 2 atom stereocenters. The minimum absolute atomic E-state index is 0.00288. The van der Waals surface area contributed by atoms with Gasteiger partial charge in [-0.15, -0.1) is 0 Å². The summed E-state index contributed by atoms with van der Waals surface area (Å²) in [4.78, 5) is 18.0. The number of aromatic nitrogens is 1. The SMILES string of the molecule is CCOCC(=O)N1C[C@H](OC)C[C@H]1COc1cccnc1. The third-order valence-corrected chi connectivity index (χ3v) is 3.54. The van der Waals surface area contributed by atoms with E-state index >= 15 is 0 Å². The third kappa shape index (κ3) is 4.41. The first-order valence-corrected chi connectivity index (χ1v) is 7.17. The predicted molar refractivity (Wildman–Crippen MR) is 77.1 cm³/mol. The minimum Gasteiger partial charge on any atom is -0.490 e. The third-order valence-electron chi connectivity index (χ3n) is 3.54. The van der Waals surface area contributed by atoms with Gasteiger partial charge in [0.2, 0.25) is 5.91 Å². The second kappa shape index (κ2) is 7.95. The van der Waals surface area contributed by atoms with Crippen molar-refractivity contribution in [2.45, 2.75) is 25.5 Å². The summed E-state index contributed by atoms with van der Waals surface area (Å²) >= 11 is 0. The van der Waals surface area contributed by atoms with Gasteiger partial charge in [0.05, 0.1) is 18.3 Å². The van der Waals surface area contributed by atoms with Gasteiger partial charge in [-0.3, -0.25) is 9.78 Å². The maximum absolute atomic E-state index is 12.2. The van der Waals surface area contributed by atoms with Gasteiger partial charge >= 0.3 is 0 Å². The van der Waals surface area contributed by atoms with Gasteiger partial charge in [0.1, 0.15) is 19.0 Å². The quantitative estimate of drug-likeness (QED) is 0.754. The molecule has 0 N–H and O–H groups in total. The Morgan fingerprint density at radius 1 is 1.52 bits per heavy atom. The molecule has 0 bridgehead atoms. The lowest BCUT2D eigenvalue weighted by atomic mass is 10.2. The van der Waals surface area contributed by atoms with E-state index in [0.29, 0.717) is 25.5 Å². The first-order valence-electron chi connectivity index (χ1n) is 7.17. The van der Waals surface area contributed by atoms with Gasteiger partial charge in [-0.05, 0) is 25.5 Å². The molecule has 1 fully saturated rings. The van der Waals surface area contributed by atoms with Crippen LogP contribution in [0.5, 0.6) is 5.75 Å². The lowest BCUT2D eigenvalue weighted by Crippen LogP contribution is -2.41. The van der Waals surface area contributed by atoms with Crippen molar-refractivity contribution in [3.05, 3.63) is 24.5 Å². The Bertz CT molecular complexity index is 441. The highest BCUT2D eigenvalue weighted by molar-refractivity contribution is 5.78. The molecule has 1 amide bonds. The maximum atomic E-state index is 12.2. The Morgan fingerprint density at radius 3 is 3.05 bits per heavy atom. The van der Waals surface area contributed by atoms with Crippen molar-refractivity contribution in [1.82, 2.24) is 9.88 Å². The van der Waals surface area contributed by atoms with E-state index in [2.05, 4.69) is 4.98 Å². The Balaban J connectivity index is 1.92. The number of carbonyl (C=O) groups excluding carboxylic acids is 1. The first kappa shape index (κ1) is 15.7. The molecule has 0 saturated carbocycles. The number of ether oxygens (including phenoxy) is 3. The average Bonchev–Trinajstić information content (AvgIpc) is 2.95. The predicted octanol–water partition coefficient (Wildman–Crippen LogP) is 1.11. The van der Waals surface area contributed by atoms with Crippen molar-refractivity contribution in [2.75, 3.05) is 33.5 Å². The molecule has 6 heteroatoms. The number of methoxy groups -OCH3 is 1. The molecule has 0 radical (unpaired) electrons. The van der Waals surface area contributed by atoms with Crippen LogP contribution in [0.1, 0.15) is 13.3 Å². The molecule has 1 aromatic rings. The molecule has 116 valence electrons. The normalized spacial score (nSPS) is 21.5. The van der Waals surface area contributed by atoms with Gasteiger partial charge < -0.3 is 19.1 Å². The second-order valence-corrected chi connectivity index (χ2v) is 4.93. The van der Waals surface area contributed by atoms with Crippen LogP contribution in [-0.4, -0.2) is 61.4 Å². The molecule has 1 aromatic heterocycles. The monoisotopic (exact) mass is 294 g/mol. The summed E-state index contributed by atoms with van der Waals surface area (Å²) in [5.74, 6) is 0.687. The summed E-state index contributed by atoms with van der Waals surface area (Å²) in [7, 11) is 1.67. The van der Waals surface area contributed by atoms with Gasteiger partial charge in [-0.2, -0.15) is 0 Å². The van der Waals surface area contributed by atoms with Crippen LogP contribution in [-0.2, 0) is 14.3 Å². The summed E-state index contributed by atoms with van der Waals surface area (Å²) in [5.41, 5.74) is 0. The largest absolute Gasteiger partial charge is 0.490 e. The smallest absolute Gasteiger partial charge is 0.249 e. The van der Waals surface area contributed by atoms with E-state index < -0.39 is 0 Å².